The van der Waals surface area contributed by atoms with E-state index in [1.807, 2.05) is 0 Å². The zero-order chi connectivity index (χ0) is 19.1. The highest BCUT2D eigenvalue weighted by Crippen LogP contribution is 2.35. The maximum Gasteiger partial charge on any atom is 0.280 e. The summed E-state index contributed by atoms with van der Waals surface area (Å²) in [4.78, 5) is 18.8. The van der Waals surface area contributed by atoms with Crippen LogP contribution in [0.25, 0.3) is 11.5 Å². The molecule has 1 amide bonds. The molecule has 4 rings (SSSR count). The number of nitrogens with zero attached hydrogens (tertiary/aromatic N) is 2. The lowest BCUT2D eigenvalue weighted by molar-refractivity contribution is 0.0955. The Balaban J connectivity index is 1.73. The second-order valence-corrected chi connectivity index (χ2v) is 6.36. The first-order valence-electron chi connectivity index (χ1n) is 8.44. The van der Waals surface area contributed by atoms with Crippen LogP contribution in [0, 0.1) is 18.6 Å². The molecule has 1 aromatic heterocycles. The lowest BCUT2D eigenvalue weighted by Gasteiger charge is -2.33. The molecule has 2 aromatic carbocycles. The second kappa shape index (κ2) is 6.50. The molecule has 1 aliphatic rings. The van der Waals surface area contributed by atoms with Gasteiger partial charge in [-0.2, -0.15) is 0 Å². The molecule has 1 atom stereocenters. The van der Waals surface area contributed by atoms with Crippen LogP contribution in [-0.2, 0) is 0 Å². The number of carbonyl (C=O) groups is 1. The SMILES string of the molecule is Cc1oc(-c2ccccc2F)nc1C(=O)N1C[C@@H](C)Oc2cc(F)ccc21. The molecule has 0 bridgehead atoms. The highest BCUT2D eigenvalue weighted by Gasteiger charge is 2.32. The van der Waals surface area contributed by atoms with Crippen molar-refractivity contribution < 1.29 is 22.7 Å². The minimum absolute atomic E-state index is 0.0367. The number of aromatic nitrogens is 1. The topological polar surface area (TPSA) is 55.6 Å². The maximum absolute atomic E-state index is 14.0. The van der Waals surface area contributed by atoms with E-state index >= 15 is 0 Å². The van der Waals surface area contributed by atoms with Gasteiger partial charge in [0.2, 0.25) is 5.89 Å². The molecule has 1 aliphatic heterocycles. The predicted molar refractivity (Wildman–Crippen MR) is 94.8 cm³/mol. The molecular weight excluding hydrogens is 354 g/mol. The van der Waals surface area contributed by atoms with Gasteiger partial charge in [-0.25, -0.2) is 13.8 Å². The van der Waals surface area contributed by atoms with Crippen molar-refractivity contribution in [2.24, 2.45) is 0 Å². The average Bonchev–Trinajstić information content (AvgIpc) is 3.02. The molecule has 0 unspecified atom stereocenters. The van der Waals surface area contributed by atoms with Gasteiger partial charge in [0.05, 0.1) is 17.8 Å². The van der Waals surface area contributed by atoms with E-state index in [4.69, 9.17) is 9.15 Å². The molecule has 0 radical (unpaired) electrons. The van der Waals surface area contributed by atoms with Crippen LogP contribution in [0.2, 0.25) is 0 Å². The van der Waals surface area contributed by atoms with E-state index in [2.05, 4.69) is 4.98 Å². The third-order valence-electron chi connectivity index (χ3n) is 4.33. The standard InChI is InChI=1S/C20H16F2N2O3/c1-11-10-24(16-8-7-13(21)9-17(16)26-11)20(25)18-12(2)27-19(23-18)14-5-3-4-6-15(14)22/h3-9,11H,10H2,1-2H3/t11-/m1/s1. The normalized spacial score (nSPS) is 16.0. The Hall–Kier alpha value is -3.22. The van der Waals surface area contributed by atoms with E-state index in [1.165, 1.54) is 35.2 Å². The van der Waals surface area contributed by atoms with Crippen molar-refractivity contribution in [1.29, 1.82) is 0 Å². The Morgan fingerprint density at radius 3 is 2.78 bits per heavy atom. The number of fused-ring (bicyclic) bond motifs is 1. The number of carbonyl (C=O) groups excluding carboxylic acids is 1. The molecule has 7 heteroatoms. The molecule has 0 saturated heterocycles. The number of ether oxygens (including phenoxy) is 1. The zero-order valence-electron chi connectivity index (χ0n) is 14.7. The Morgan fingerprint density at radius 1 is 1.22 bits per heavy atom. The van der Waals surface area contributed by atoms with Crippen LogP contribution in [0.1, 0.15) is 23.2 Å². The van der Waals surface area contributed by atoms with Crippen LogP contribution in [0.5, 0.6) is 5.75 Å². The predicted octanol–water partition coefficient (Wildman–Crippen LogP) is 4.36. The molecule has 5 nitrogen and oxygen atoms in total. The van der Waals surface area contributed by atoms with E-state index < -0.39 is 17.5 Å². The molecule has 0 spiro atoms. The fraction of sp³-hybridized carbons (Fsp3) is 0.200. The molecule has 0 saturated carbocycles. The first-order chi connectivity index (χ1) is 12.9. The van der Waals surface area contributed by atoms with Crippen LogP contribution in [0.4, 0.5) is 14.5 Å². The second-order valence-electron chi connectivity index (χ2n) is 6.36. The van der Waals surface area contributed by atoms with Crippen molar-refractivity contribution >= 4 is 11.6 Å². The molecule has 138 valence electrons. The summed E-state index contributed by atoms with van der Waals surface area (Å²) in [6, 6.07) is 10.0. The van der Waals surface area contributed by atoms with Gasteiger partial charge in [0.15, 0.2) is 5.69 Å². The Labute approximate surface area is 154 Å². The number of rotatable bonds is 2. The summed E-state index contributed by atoms with van der Waals surface area (Å²) < 4.78 is 38.7. The lowest BCUT2D eigenvalue weighted by Crippen LogP contribution is -2.42. The number of anilines is 1. The minimum atomic E-state index is -0.487. The van der Waals surface area contributed by atoms with Gasteiger partial charge >= 0.3 is 0 Å². The molecule has 27 heavy (non-hydrogen) atoms. The molecule has 0 aliphatic carbocycles. The number of hydrogen-bond donors (Lipinski definition) is 0. The summed E-state index contributed by atoms with van der Waals surface area (Å²) >= 11 is 0. The van der Waals surface area contributed by atoms with Crippen LogP contribution in [0.15, 0.2) is 46.9 Å². The number of hydrogen-bond acceptors (Lipinski definition) is 4. The van der Waals surface area contributed by atoms with Crippen molar-refractivity contribution in [3.63, 3.8) is 0 Å². The van der Waals surface area contributed by atoms with E-state index in [0.29, 0.717) is 5.69 Å². The van der Waals surface area contributed by atoms with E-state index in [0.717, 1.165) is 0 Å². The molecule has 0 fully saturated rings. The highest BCUT2D eigenvalue weighted by atomic mass is 19.1. The fourth-order valence-electron chi connectivity index (χ4n) is 3.08. The van der Waals surface area contributed by atoms with E-state index in [1.54, 1.807) is 26.0 Å². The number of oxazole rings is 1. The van der Waals surface area contributed by atoms with Crippen molar-refractivity contribution in [3.8, 4) is 17.2 Å². The van der Waals surface area contributed by atoms with E-state index in [9.17, 15) is 13.6 Å². The zero-order valence-corrected chi connectivity index (χ0v) is 14.7. The summed E-state index contributed by atoms with van der Waals surface area (Å²) in [5, 5.41) is 0. The Morgan fingerprint density at radius 2 is 2.00 bits per heavy atom. The summed E-state index contributed by atoms with van der Waals surface area (Å²) in [5.41, 5.74) is 0.712. The summed E-state index contributed by atoms with van der Waals surface area (Å²) in [6.45, 7) is 3.66. The highest BCUT2D eigenvalue weighted by molar-refractivity contribution is 6.06. The molecule has 0 N–H and O–H groups in total. The van der Waals surface area contributed by atoms with Crippen molar-refractivity contribution in [3.05, 3.63) is 65.6 Å². The number of aryl methyl sites for hydroxylation is 1. The largest absolute Gasteiger partial charge is 0.487 e. The maximum atomic E-state index is 14.0. The van der Waals surface area contributed by atoms with E-state index in [-0.39, 0.29) is 41.3 Å². The molecule has 2 heterocycles. The Bertz CT molecular complexity index is 1030. The number of benzene rings is 2. The summed E-state index contributed by atoms with van der Waals surface area (Å²) in [5.74, 6) is -0.747. The summed E-state index contributed by atoms with van der Waals surface area (Å²) in [7, 11) is 0. The molecular formula is C20H16F2N2O3. The first-order valence-corrected chi connectivity index (χ1v) is 8.44. The molecule has 3 aromatic rings. The Kier molecular flexibility index (Phi) is 4.14. The van der Waals surface area contributed by atoms with Crippen molar-refractivity contribution in [2.45, 2.75) is 20.0 Å². The van der Waals surface area contributed by atoms with Gasteiger partial charge in [-0.15, -0.1) is 0 Å². The van der Waals surface area contributed by atoms with Gasteiger partial charge in [0.25, 0.3) is 5.91 Å². The summed E-state index contributed by atoms with van der Waals surface area (Å²) in [6.07, 6.45) is -0.318. The quantitative estimate of drug-likeness (QED) is 0.673. The van der Waals surface area contributed by atoms with Gasteiger partial charge in [-0.05, 0) is 38.1 Å². The number of halogens is 2. The van der Waals surface area contributed by atoms with Gasteiger partial charge in [0, 0.05) is 6.07 Å². The van der Waals surface area contributed by atoms with Crippen molar-refractivity contribution in [2.75, 3.05) is 11.4 Å². The van der Waals surface area contributed by atoms with Gasteiger partial charge in [0.1, 0.15) is 29.2 Å². The van der Waals surface area contributed by atoms with Crippen LogP contribution in [0.3, 0.4) is 0 Å². The van der Waals surface area contributed by atoms with Gasteiger partial charge < -0.3 is 9.15 Å². The van der Waals surface area contributed by atoms with Gasteiger partial charge in [-0.3, -0.25) is 9.69 Å². The third kappa shape index (κ3) is 3.05. The van der Waals surface area contributed by atoms with Crippen molar-refractivity contribution in [1.82, 2.24) is 4.98 Å². The number of amides is 1. The third-order valence-corrected chi connectivity index (χ3v) is 4.33. The monoisotopic (exact) mass is 370 g/mol. The average molecular weight is 370 g/mol. The first kappa shape index (κ1) is 17.2. The fourth-order valence-corrected chi connectivity index (χ4v) is 3.08. The van der Waals surface area contributed by atoms with Gasteiger partial charge in [-0.1, -0.05) is 12.1 Å². The van der Waals surface area contributed by atoms with Crippen LogP contribution < -0.4 is 9.64 Å². The smallest absolute Gasteiger partial charge is 0.280 e. The lowest BCUT2D eigenvalue weighted by atomic mass is 10.1. The van der Waals surface area contributed by atoms with Crippen LogP contribution >= 0.6 is 0 Å². The minimum Gasteiger partial charge on any atom is -0.487 e. The van der Waals surface area contributed by atoms with Crippen LogP contribution in [-0.4, -0.2) is 23.5 Å².